The van der Waals surface area contributed by atoms with E-state index in [4.69, 9.17) is 17.5 Å². The van der Waals surface area contributed by atoms with Gasteiger partial charge < -0.3 is 5.73 Å². The van der Waals surface area contributed by atoms with Gasteiger partial charge in [0.2, 0.25) is 0 Å². The number of hydrogen-bond acceptors (Lipinski definition) is 3. The van der Waals surface area contributed by atoms with E-state index in [1.807, 2.05) is 0 Å². The molecule has 1 aromatic rings. The second kappa shape index (κ2) is 4.62. The van der Waals surface area contributed by atoms with Gasteiger partial charge in [0.05, 0.1) is 0 Å². The molecule has 0 atom stereocenters. The Bertz CT molecular complexity index is 346. The molecule has 0 aliphatic carbocycles. The first kappa shape index (κ1) is 10.5. The van der Waals surface area contributed by atoms with E-state index >= 15 is 0 Å². The Morgan fingerprint density at radius 3 is 2.86 bits per heavy atom. The molecule has 0 unspecified atom stereocenters. The van der Waals surface area contributed by atoms with Crippen LogP contribution in [0.25, 0.3) is 6.08 Å². The van der Waals surface area contributed by atoms with Gasteiger partial charge in [-0.15, -0.1) is 0 Å². The first-order valence-corrected chi connectivity index (χ1v) is 4.26. The van der Waals surface area contributed by atoms with Crippen LogP contribution in [0, 0.1) is 0 Å². The van der Waals surface area contributed by atoms with Crippen LogP contribution in [0.15, 0.2) is 24.4 Å². The quantitative estimate of drug-likeness (QED) is 0.593. The molecule has 0 saturated carbocycles. The van der Waals surface area contributed by atoms with Crippen molar-refractivity contribution >= 4 is 29.6 Å². The van der Waals surface area contributed by atoms with Crippen LogP contribution < -0.4 is 5.73 Å². The molecule has 74 valence electrons. The molecule has 5 heteroatoms. The van der Waals surface area contributed by atoms with E-state index in [0.717, 1.165) is 9.98 Å². The molecule has 0 spiro atoms. The summed E-state index contributed by atoms with van der Waals surface area (Å²) in [6, 6.07) is 3.43. The van der Waals surface area contributed by atoms with Crippen LogP contribution >= 0.6 is 11.8 Å². The Balaban J connectivity index is 2.69. The summed E-state index contributed by atoms with van der Waals surface area (Å²) in [5.41, 5.74) is 6.20. The van der Waals surface area contributed by atoms with Crippen molar-refractivity contribution in [3.63, 3.8) is 0 Å². The molecule has 0 bridgehead atoms. The van der Waals surface area contributed by atoms with E-state index in [-0.39, 0.29) is 5.91 Å². The van der Waals surface area contributed by atoms with Crippen molar-refractivity contribution in [3.8, 4) is 0 Å². The zero-order valence-corrected chi connectivity index (χ0v) is 8.40. The molecule has 14 heavy (non-hydrogen) atoms. The minimum Gasteiger partial charge on any atom is -0.384 e. The molecule has 0 aliphatic heterocycles. The number of nitrogens with zero attached hydrogens (tertiary/aromatic N) is 2. The average Bonchev–Trinajstić information content (AvgIpc) is 2.16. The first-order valence-electron chi connectivity index (χ1n) is 3.92. The highest BCUT2D eigenvalue weighted by Crippen LogP contribution is 2.03. The average molecular weight is 212 g/mol. The van der Waals surface area contributed by atoms with E-state index in [2.05, 4.69) is 4.98 Å². The fourth-order valence-corrected chi connectivity index (χ4v) is 0.842. The molecule has 2 N–H and O–H groups in total. The number of nitrogens with two attached hydrogens (primary N) is 1. The van der Waals surface area contributed by atoms with Gasteiger partial charge in [-0.1, -0.05) is 0 Å². The number of rotatable bonds is 2. The molecule has 1 amide bonds. The standard InChI is InChI=1S/C9H10ClN3O/c1-13(10)9(14)5-3-7-2-4-8(11)12-6-7/h2-6H,1H3,(H2,11,12). The van der Waals surface area contributed by atoms with Gasteiger partial charge in [-0.05, 0) is 23.8 Å². The van der Waals surface area contributed by atoms with Gasteiger partial charge in [-0.3, -0.25) is 9.21 Å². The van der Waals surface area contributed by atoms with Crippen molar-refractivity contribution < 1.29 is 4.79 Å². The van der Waals surface area contributed by atoms with Crippen LogP contribution in [-0.4, -0.2) is 22.4 Å². The number of amides is 1. The van der Waals surface area contributed by atoms with E-state index < -0.39 is 0 Å². The first-order chi connectivity index (χ1) is 6.59. The summed E-state index contributed by atoms with van der Waals surface area (Å²) in [4.78, 5) is 14.9. The molecule has 0 saturated heterocycles. The molecule has 1 heterocycles. The Hall–Kier alpha value is -1.55. The van der Waals surface area contributed by atoms with Crippen molar-refractivity contribution in [3.05, 3.63) is 30.0 Å². The molecule has 0 radical (unpaired) electrons. The number of aromatic nitrogens is 1. The van der Waals surface area contributed by atoms with Crippen molar-refractivity contribution in [2.75, 3.05) is 12.8 Å². The van der Waals surface area contributed by atoms with Crippen molar-refractivity contribution in [2.45, 2.75) is 0 Å². The Morgan fingerprint density at radius 1 is 1.64 bits per heavy atom. The van der Waals surface area contributed by atoms with Gasteiger partial charge in [-0.2, -0.15) is 0 Å². The third kappa shape index (κ3) is 3.06. The maximum atomic E-state index is 11.0. The van der Waals surface area contributed by atoms with E-state index in [9.17, 15) is 4.79 Å². The van der Waals surface area contributed by atoms with Crippen molar-refractivity contribution in [2.24, 2.45) is 0 Å². The van der Waals surface area contributed by atoms with Gasteiger partial charge in [-0.25, -0.2) is 4.98 Å². The highest BCUT2D eigenvalue weighted by atomic mass is 35.5. The highest BCUT2D eigenvalue weighted by Gasteiger charge is 1.98. The monoisotopic (exact) mass is 211 g/mol. The van der Waals surface area contributed by atoms with Crippen LogP contribution in [0.5, 0.6) is 0 Å². The fraction of sp³-hybridized carbons (Fsp3) is 0.111. The van der Waals surface area contributed by atoms with Crippen molar-refractivity contribution in [1.29, 1.82) is 0 Å². The largest absolute Gasteiger partial charge is 0.384 e. The molecule has 0 fully saturated rings. The van der Waals surface area contributed by atoms with Gasteiger partial charge in [0.25, 0.3) is 5.91 Å². The number of nitrogen functional groups attached to an aromatic ring is 1. The number of pyridine rings is 1. The van der Waals surface area contributed by atoms with Crippen LogP contribution in [0.4, 0.5) is 5.82 Å². The summed E-state index contributed by atoms with van der Waals surface area (Å²) in [7, 11) is 1.47. The number of carbonyl (C=O) groups is 1. The summed E-state index contributed by atoms with van der Waals surface area (Å²) >= 11 is 5.42. The lowest BCUT2D eigenvalue weighted by molar-refractivity contribution is -0.120. The zero-order valence-electron chi connectivity index (χ0n) is 7.64. The van der Waals surface area contributed by atoms with Crippen molar-refractivity contribution in [1.82, 2.24) is 9.40 Å². The SMILES string of the molecule is CN(Cl)C(=O)C=Cc1ccc(N)nc1. The Kier molecular flexibility index (Phi) is 3.48. The minimum absolute atomic E-state index is 0.288. The maximum absolute atomic E-state index is 11.0. The topological polar surface area (TPSA) is 59.2 Å². The lowest BCUT2D eigenvalue weighted by atomic mass is 10.2. The third-order valence-electron chi connectivity index (χ3n) is 1.53. The highest BCUT2D eigenvalue weighted by molar-refractivity contribution is 6.23. The molecule has 4 nitrogen and oxygen atoms in total. The predicted octanol–water partition coefficient (Wildman–Crippen LogP) is 1.29. The summed E-state index contributed by atoms with van der Waals surface area (Å²) < 4.78 is 0.973. The summed E-state index contributed by atoms with van der Waals surface area (Å²) in [6.45, 7) is 0. The summed E-state index contributed by atoms with van der Waals surface area (Å²) in [5.74, 6) is 0.159. The van der Waals surface area contributed by atoms with Gasteiger partial charge in [0.1, 0.15) is 5.82 Å². The van der Waals surface area contributed by atoms with Gasteiger partial charge in [0, 0.05) is 31.1 Å². The number of hydrogen-bond donors (Lipinski definition) is 1. The smallest absolute Gasteiger partial charge is 0.260 e. The van der Waals surface area contributed by atoms with E-state index in [1.54, 1.807) is 24.4 Å². The van der Waals surface area contributed by atoms with Gasteiger partial charge >= 0.3 is 0 Å². The Labute approximate surface area is 87.1 Å². The molecular formula is C9H10ClN3O. The number of anilines is 1. The fourth-order valence-electron chi connectivity index (χ4n) is 0.786. The lowest BCUT2D eigenvalue weighted by Gasteiger charge is -2.01. The van der Waals surface area contributed by atoms with Gasteiger partial charge in [0.15, 0.2) is 0 Å². The molecule has 0 aliphatic rings. The second-order valence-electron chi connectivity index (χ2n) is 2.67. The van der Waals surface area contributed by atoms with Crippen LogP contribution in [-0.2, 0) is 4.79 Å². The molecule has 1 rings (SSSR count). The van der Waals surface area contributed by atoms with E-state index in [0.29, 0.717) is 5.82 Å². The molecule has 0 aromatic carbocycles. The number of halogens is 1. The normalized spacial score (nSPS) is 10.4. The number of likely N-dealkylation sites (N-methyl/N-ethyl adjacent to an activating group) is 1. The van der Waals surface area contributed by atoms with E-state index in [1.165, 1.54) is 13.1 Å². The maximum Gasteiger partial charge on any atom is 0.260 e. The molecular weight excluding hydrogens is 202 g/mol. The third-order valence-corrected chi connectivity index (χ3v) is 1.70. The number of carbonyl (C=O) groups excluding carboxylic acids is 1. The zero-order chi connectivity index (χ0) is 10.6. The lowest BCUT2D eigenvalue weighted by Crippen LogP contribution is -2.12. The molecule has 1 aromatic heterocycles. The van der Waals surface area contributed by atoms with Crippen LogP contribution in [0.1, 0.15) is 5.56 Å². The van der Waals surface area contributed by atoms with Crippen LogP contribution in [0.3, 0.4) is 0 Å². The van der Waals surface area contributed by atoms with Crippen LogP contribution in [0.2, 0.25) is 0 Å². The minimum atomic E-state index is -0.288. The Morgan fingerprint density at radius 2 is 2.36 bits per heavy atom. The summed E-state index contributed by atoms with van der Waals surface area (Å²) in [5, 5.41) is 0. The summed E-state index contributed by atoms with van der Waals surface area (Å²) in [6.07, 6.45) is 4.56. The second-order valence-corrected chi connectivity index (χ2v) is 3.17. The predicted molar refractivity (Wildman–Crippen MR) is 56.3 cm³/mol.